The molecule has 184 valence electrons. The van der Waals surface area contributed by atoms with E-state index in [1.807, 2.05) is 55.5 Å². The standard InChI is InChI=1S/C26H27Cl2N3O3S/c1-19-7-8-22(28)18-25(19)30-13-15-31(16-14-30)26(32)24(17-20-5-3-2-4-6-20)29-35(33,34)23-11-9-21(27)10-12-23/h2-12,18,24,29H,13-17H2,1H3/t24-/m1/s1. The molecule has 0 saturated carbocycles. The van der Waals surface area contributed by atoms with Gasteiger partial charge in [-0.05, 0) is 60.9 Å². The van der Waals surface area contributed by atoms with E-state index in [9.17, 15) is 13.2 Å². The van der Waals surface area contributed by atoms with Crippen LogP contribution in [0.15, 0.2) is 77.7 Å². The Hall–Kier alpha value is -2.58. The van der Waals surface area contributed by atoms with Gasteiger partial charge in [-0.3, -0.25) is 4.79 Å². The van der Waals surface area contributed by atoms with E-state index in [2.05, 4.69) is 9.62 Å². The highest BCUT2D eigenvalue weighted by Crippen LogP contribution is 2.25. The van der Waals surface area contributed by atoms with Gasteiger partial charge in [0.15, 0.2) is 0 Å². The molecule has 0 aliphatic carbocycles. The molecule has 0 radical (unpaired) electrons. The molecule has 1 heterocycles. The summed E-state index contributed by atoms with van der Waals surface area (Å²) in [7, 11) is -3.93. The van der Waals surface area contributed by atoms with Crippen LogP contribution in [0.4, 0.5) is 5.69 Å². The molecule has 35 heavy (non-hydrogen) atoms. The number of carbonyl (C=O) groups excluding carboxylic acids is 1. The van der Waals surface area contributed by atoms with E-state index < -0.39 is 16.1 Å². The fourth-order valence-electron chi connectivity index (χ4n) is 4.21. The normalized spacial score (nSPS) is 15.2. The number of aryl methyl sites for hydroxylation is 1. The van der Waals surface area contributed by atoms with Gasteiger partial charge in [-0.1, -0.05) is 59.6 Å². The molecule has 1 aliphatic rings. The Morgan fingerprint density at radius 3 is 2.20 bits per heavy atom. The maximum Gasteiger partial charge on any atom is 0.241 e. The van der Waals surface area contributed by atoms with E-state index in [-0.39, 0.29) is 17.2 Å². The first-order valence-electron chi connectivity index (χ1n) is 11.3. The molecule has 3 aromatic carbocycles. The molecular weight excluding hydrogens is 505 g/mol. The van der Waals surface area contributed by atoms with Crippen LogP contribution in [0.2, 0.25) is 10.0 Å². The molecule has 9 heteroatoms. The topological polar surface area (TPSA) is 69.7 Å². The Morgan fingerprint density at radius 1 is 0.914 bits per heavy atom. The van der Waals surface area contributed by atoms with Gasteiger partial charge in [-0.15, -0.1) is 0 Å². The number of nitrogens with one attached hydrogen (secondary N) is 1. The number of nitrogens with zero attached hydrogens (tertiary/aromatic N) is 2. The molecule has 0 aromatic heterocycles. The first-order chi connectivity index (χ1) is 16.7. The highest BCUT2D eigenvalue weighted by Gasteiger charge is 2.31. The van der Waals surface area contributed by atoms with Gasteiger partial charge < -0.3 is 9.80 Å². The lowest BCUT2D eigenvalue weighted by Gasteiger charge is -2.38. The number of amides is 1. The quantitative estimate of drug-likeness (QED) is 0.485. The molecule has 1 aliphatic heterocycles. The number of sulfonamides is 1. The van der Waals surface area contributed by atoms with E-state index in [0.29, 0.717) is 36.2 Å². The van der Waals surface area contributed by atoms with E-state index in [1.54, 1.807) is 4.90 Å². The number of hydrogen-bond donors (Lipinski definition) is 1. The molecule has 0 unspecified atom stereocenters. The maximum absolute atomic E-state index is 13.6. The van der Waals surface area contributed by atoms with Gasteiger partial charge >= 0.3 is 0 Å². The van der Waals surface area contributed by atoms with Crippen molar-refractivity contribution in [2.75, 3.05) is 31.1 Å². The Labute approximate surface area is 216 Å². The van der Waals surface area contributed by atoms with Crippen molar-refractivity contribution in [3.05, 3.63) is 94.0 Å². The van der Waals surface area contributed by atoms with Crippen molar-refractivity contribution in [1.82, 2.24) is 9.62 Å². The first-order valence-corrected chi connectivity index (χ1v) is 13.6. The molecule has 1 atom stereocenters. The molecule has 6 nitrogen and oxygen atoms in total. The third-order valence-electron chi connectivity index (χ3n) is 6.11. The fourth-order valence-corrected chi connectivity index (χ4v) is 5.69. The van der Waals surface area contributed by atoms with Crippen molar-refractivity contribution in [3.8, 4) is 0 Å². The zero-order valence-corrected chi connectivity index (χ0v) is 21.7. The van der Waals surface area contributed by atoms with Crippen molar-refractivity contribution in [2.45, 2.75) is 24.3 Å². The maximum atomic E-state index is 13.6. The predicted octanol–water partition coefficient (Wildman–Crippen LogP) is 4.54. The van der Waals surface area contributed by atoms with Gasteiger partial charge in [0.1, 0.15) is 6.04 Å². The van der Waals surface area contributed by atoms with Crippen molar-refractivity contribution in [1.29, 1.82) is 0 Å². The van der Waals surface area contributed by atoms with Gasteiger partial charge in [-0.25, -0.2) is 8.42 Å². The first kappa shape index (κ1) is 25.5. The van der Waals surface area contributed by atoms with Crippen LogP contribution < -0.4 is 9.62 Å². The Bertz CT molecular complexity index is 1280. The summed E-state index contributed by atoms with van der Waals surface area (Å²) in [6.45, 7) is 4.27. The van der Waals surface area contributed by atoms with Crippen LogP contribution in [0.1, 0.15) is 11.1 Å². The Balaban J connectivity index is 1.51. The third-order valence-corrected chi connectivity index (χ3v) is 8.08. The SMILES string of the molecule is Cc1ccc(Cl)cc1N1CCN(C(=O)[C@@H](Cc2ccccc2)NS(=O)(=O)c2ccc(Cl)cc2)CC1. The van der Waals surface area contributed by atoms with Crippen LogP contribution in [-0.4, -0.2) is 51.4 Å². The number of anilines is 1. The van der Waals surface area contributed by atoms with Crippen LogP contribution in [0, 0.1) is 6.92 Å². The number of rotatable bonds is 7. The lowest BCUT2D eigenvalue weighted by Crippen LogP contribution is -2.55. The second kappa shape index (κ2) is 11.0. The smallest absolute Gasteiger partial charge is 0.241 e. The largest absolute Gasteiger partial charge is 0.368 e. The van der Waals surface area contributed by atoms with Crippen molar-refractivity contribution in [3.63, 3.8) is 0 Å². The number of piperazine rings is 1. The van der Waals surface area contributed by atoms with E-state index >= 15 is 0 Å². The molecule has 0 bridgehead atoms. The molecule has 1 saturated heterocycles. The van der Waals surface area contributed by atoms with Crippen LogP contribution in [0.5, 0.6) is 0 Å². The van der Waals surface area contributed by atoms with Crippen molar-refractivity contribution >= 4 is 44.8 Å². The summed E-state index contributed by atoms with van der Waals surface area (Å²) in [5.74, 6) is -0.242. The molecule has 3 aromatic rings. The lowest BCUT2D eigenvalue weighted by atomic mass is 10.1. The van der Waals surface area contributed by atoms with Crippen LogP contribution >= 0.6 is 23.2 Å². The highest BCUT2D eigenvalue weighted by molar-refractivity contribution is 7.89. The zero-order valence-electron chi connectivity index (χ0n) is 19.3. The molecule has 1 fully saturated rings. The molecule has 4 rings (SSSR count). The van der Waals surface area contributed by atoms with Crippen LogP contribution in [0.25, 0.3) is 0 Å². The van der Waals surface area contributed by atoms with E-state index in [0.717, 1.165) is 16.8 Å². The summed E-state index contributed by atoms with van der Waals surface area (Å²) < 4.78 is 28.8. The summed E-state index contributed by atoms with van der Waals surface area (Å²) in [6, 6.07) is 20.1. The summed E-state index contributed by atoms with van der Waals surface area (Å²) >= 11 is 12.1. The Kier molecular flexibility index (Phi) is 8.02. The van der Waals surface area contributed by atoms with Gasteiger partial charge in [0.2, 0.25) is 15.9 Å². The lowest BCUT2D eigenvalue weighted by molar-refractivity contribution is -0.133. The minimum atomic E-state index is -3.93. The number of halogens is 2. The Morgan fingerprint density at radius 2 is 1.54 bits per heavy atom. The second-order valence-corrected chi connectivity index (χ2v) is 11.1. The average molecular weight is 532 g/mol. The molecular formula is C26H27Cl2N3O3S. The second-order valence-electron chi connectivity index (χ2n) is 8.56. The summed E-state index contributed by atoms with van der Waals surface area (Å²) in [4.78, 5) is 17.6. The molecule has 1 N–H and O–H groups in total. The highest BCUT2D eigenvalue weighted by atomic mass is 35.5. The number of hydrogen-bond acceptors (Lipinski definition) is 4. The predicted molar refractivity (Wildman–Crippen MR) is 141 cm³/mol. The summed E-state index contributed by atoms with van der Waals surface area (Å²) in [5.41, 5.74) is 3.04. The van der Waals surface area contributed by atoms with Gasteiger partial charge in [-0.2, -0.15) is 4.72 Å². The zero-order chi connectivity index (χ0) is 25.0. The minimum absolute atomic E-state index is 0.0639. The van der Waals surface area contributed by atoms with Crippen molar-refractivity contribution in [2.24, 2.45) is 0 Å². The third kappa shape index (κ3) is 6.35. The van der Waals surface area contributed by atoms with Gasteiger partial charge in [0.05, 0.1) is 4.90 Å². The summed E-state index contributed by atoms with van der Waals surface area (Å²) in [5, 5.41) is 1.11. The summed E-state index contributed by atoms with van der Waals surface area (Å²) in [6.07, 6.45) is 0.250. The molecule has 1 amide bonds. The fraction of sp³-hybridized carbons (Fsp3) is 0.269. The van der Waals surface area contributed by atoms with Gasteiger partial charge in [0, 0.05) is 41.9 Å². The number of carbonyl (C=O) groups is 1. The average Bonchev–Trinajstić information content (AvgIpc) is 2.85. The monoisotopic (exact) mass is 531 g/mol. The van der Waals surface area contributed by atoms with Gasteiger partial charge in [0.25, 0.3) is 0 Å². The van der Waals surface area contributed by atoms with E-state index in [4.69, 9.17) is 23.2 Å². The van der Waals surface area contributed by atoms with E-state index in [1.165, 1.54) is 24.3 Å². The van der Waals surface area contributed by atoms with Crippen LogP contribution in [0.3, 0.4) is 0 Å². The van der Waals surface area contributed by atoms with Crippen LogP contribution in [-0.2, 0) is 21.2 Å². The van der Waals surface area contributed by atoms with Crippen molar-refractivity contribution < 1.29 is 13.2 Å². The number of benzene rings is 3. The molecule has 0 spiro atoms. The minimum Gasteiger partial charge on any atom is -0.368 e.